The maximum Gasteiger partial charge on any atom is 0.311 e. The molecule has 2 unspecified atom stereocenters. The molecule has 24 heavy (non-hydrogen) atoms. The Morgan fingerprint density at radius 3 is 2.71 bits per heavy atom. The van der Waals surface area contributed by atoms with Crippen LogP contribution in [0, 0.1) is 17.2 Å². The van der Waals surface area contributed by atoms with Crippen LogP contribution in [0.2, 0.25) is 5.02 Å². The zero-order valence-corrected chi connectivity index (χ0v) is 13.8. The largest absolute Gasteiger partial charge is 0.481 e. The van der Waals surface area contributed by atoms with Gasteiger partial charge in [0.05, 0.1) is 5.41 Å². The number of amides is 1. The van der Waals surface area contributed by atoms with Crippen LogP contribution in [0.15, 0.2) is 18.2 Å². The molecule has 7 heteroatoms. The van der Waals surface area contributed by atoms with Crippen LogP contribution in [-0.4, -0.2) is 36.7 Å². The summed E-state index contributed by atoms with van der Waals surface area (Å²) in [7, 11) is 0. The third kappa shape index (κ3) is 3.26. The van der Waals surface area contributed by atoms with E-state index >= 15 is 0 Å². The van der Waals surface area contributed by atoms with E-state index in [1.807, 2.05) is 0 Å². The molecule has 1 aromatic rings. The number of hydrogen-bond acceptors (Lipinski definition) is 3. The molecule has 0 bridgehead atoms. The number of nitrogens with one attached hydrogen (secondary N) is 1. The van der Waals surface area contributed by atoms with Crippen LogP contribution in [0.1, 0.15) is 30.7 Å². The molecule has 2 N–H and O–H groups in total. The summed E-state index contributed by atoms with van der Waals surface area (Å²) in [5.41, 5.74) is -0.605. The van der Waals surface area contributed by atoms with Gasteiger partial charge in [-0.1, -0.05) is 17.7 Å². The molecule has 1 saturated heterocycles. The Morgan fingerprint density at radius 2 is 2.08 bits per heavy atom. The summed E-state index contributed by atoms with van der Waals surface area (Å²) in [5, 5.41) is 12.5. The molecule has 130 valence electrons. The van der Waals surface area contributed by atoms with Crippen molar-refractivity contribution < 1.29 is 23.8 Å². The van der Waals surface area contributed by atoms with E-state index in [1.165, 1.54) is 12.1 Å². The van der Waals surface area contributed by atoms with Gasteiger partial charge < -0.3 is 15.2 Å². The third-order valence-corrected chi connectivity index (χ3v) is 5.33. The molecule has 1 heterocycles. The standard InChI is InChI=1S/C17H19ClFNO4/c18-12-2-1-3-13(19)14(12)10-8-11(10)15(21)20-9-17(16(22)23)4-6-24-7-5-17/h1-3,10-11H,4-9H2,(H,20,21)(H,22,23). The smallest absolute Gasteiger partial charge is 0.311 e. The van der Waals surface area contributed by atoms with Crippen molar-refractivity contribution in [3.63, 3.8) is 0 Å². The fourth-order valence-electron chi connectivity index (χ4n) is 3.28. The Kier molecular flexibility index (Phi) is 4.78. The van der Waals surface area contributed by atoms with E-state index < -0.39 is 17.2 Å². The third-order valence-electron chi connectivity index (χ3n) is 5.00. The van der Waals surface area contributed by atoms with Crippen LogP contribution < -0.4 is 5.32 Å². The first kappa shape index (κ1) is 17.2. The van der Waals surface area contributed by atoms with E-state index in [0.29, 0.717) is 43.1 Å². The molecule has 2 atom stereocenters. The molecule has 2 aliphatic rings. The molecular weight excluding hydrogens is 337 g/mol. The monoisotopic (exact) mass is 355 g/mol. The van der Waals surface area contributed by atoms with Crippen LogP contribution in [0.25, 0.3) is 0 Å². The number of hydrogen-bond donors (Lipinski definition) is 2. The van der Waals surface area contributed by atoms with Crippen molar-refractivity contribution in [3.05, 3.63) is 34.6 Å². The lowest BCUT2D eigenvalue weighted by atomic mass is 9.80. The summed E-state index contributed by atoms with van der Waals surface area (Å²) in [5.74, 6) is -2.17. The van der Waals surface area contributed by atoms with Gasteiger partial charge in [-0.25, -0.2) is 4.39 Å². The topological polar surface area (TPSA) is 75.6 Å². The number of benzene rings is 1. The number of carboxylic acid groups (broad SMARTS) is 1. The highest BCUT2D eigenvalue weighted by Gasteiger charge is 2.47. The fourth-order valence-corrected chi connectivity index (χ4v) is 3.59. The maximum atomic E-state index is 13.9. The Hall–Kier alpha value is -1.66. The first-order valence-corrected chi connectivity index (χ1v) is 8.35. The summed E-state index contributed by atoms with van der Waals surface area (Å²) < 4.78 is 19.1. The highest BCUT2D eigenvalue weighted by atomic mass is 35.5. The predicted molar refractivity (Wildman–Crippen MR) is 85.4 cm³/mol. The van der Waals surface area contributed by atoms with E-state index in [2.05, 4.69) is 5.32 Å². The lowest BCUT2D eigenvalue weighted by Gasteiger charge is -2.33. The maximum absolute atomic E-state index is 13.9. The van der Waals surface area contributed by atoms with Crippen molar-refractivity contribution in [2.24, 2.45) is 11.3 Å². The zero-order valence-electron chi connectivity index (χ0n) is 13.1. The van der Waals surface area contributed by atoms with Crippen LogP contribution >= 0.6 is 11.6 Å². The quantitative estimate of drug-likeness (QED) is 0.851. The molecule has 0 aromatic heterocycles. The molecule has 2 fully saturated rings. The minimum Gasteiger partial charge on any atom is -0.481 e. The Balaban J connectivity index is 1.62. The summed E-state index contributed by atoms with van der Waals surface area (Å²) in [4.78, 5) is 23.9. The average Bonchev–Trinajstić information content (AvgIpc) is 3.33. The second kappa shape index (κ2) is 6.69. The highest BCUT2D eigenvalue weighted by Crippen LogP contribution is 2.50. The Labute approximate surface area is 144 Å². The summed E-state index contributed by atoms with van der Waals surface area (Å²) in [6, 6.07) is 4.46. The van der Waals surface area contributed by atoms with Crippen molar-refractivity contribution in [3.8, 4) is 0 Å². The van der Waals surface area contributed by atoms with Gasteiger partial charge in [0.15, 0.2) is 0 Å². The number of carboxylic acids is 1. The van der Waals surface area contributed by atoms with E-state index in [9.17, 15) is 19.1 Å². The molecule has 0 spiro atoms. The minimum absolute atomic E-state index is 0.0682. The first-order valence-electron chi connectivity index (χ1n) is 7.97. The van der Waals surface area contributed by atoms with Crippen molar-refractivity contribution in [2.75, 3.05) is 19.8 Å². The van der Waals surface area contributed by atoms with Crippen molar-refractivity contribution in [2.45, 2.75) is 25.2 Å². The molecule has 0 radical (unpaired) electrons. The van der Waals surface area contributed by atoms with Gasteiger partial charge in [-0.3, -0.25) is 9.59 Å². The van der Waals surface area contributed by atoms with E-state index in [-0.39, 0.29) is 24.3 Å². The first-order chi connectivity index (χ1) is 11.4. The molecule has 1 aliphatic carbocycles. The normalized spacial score (nSPS) is 25.1. The Bertz CT molecular complexity index is 640. The lowest BCUT2D eigenvalue weighted by molar-refractivity contribution is -0.154. The van der Waals surface area contributed by atoms with E-state index in [1.54, 1.807) is 6.07 Å². The lowest BCUT2D eigenvalue weighted by Crippen LogP contribution is -2.47. The van der Waals surface area contributed by atoms with Crippen molar-refractivity contribution in [1.29, 1.82) is 0 Å². The van der Waals surface area contributed by atoms with Gasteiger partial charge in [0.1, 0.15) is 5.82 Å². The van der Waals surface area contributed by atoms with Gasteiger partial charge in [-0.2, -0.15) is 0 Å². The molecule has 1 amide bonds. The van der Waals surface area contributed by atoms with Crippen LogP contribution in [0.4, 0.5) is 4.39 Å². The number of rotatable bonds is 5. The second-order valence-electron chi connectivity index (χ2n) is 6.50. The van der Waals surface area contributed by atoms with Crippen LogP contribution in [0.5, 0.6) is 0 Å². The number of carbonyl (C=O) groups is 2. The average molecular weight is 356 g/mol. The zero-order chi connectivity index (χ0) is 17.3. The van der Waals surface area contributed by atoms with Gasteiger partial charge in [0.25, 0.3) is 0 Å². The van der Waals surface area contributed by atoms with Crippen LogP contribution in [-0.2, 0) is 14.3 Å². The number of aliphatic carboxylic acids is 1. The van der Waals surface area contributed by atoms with Gasteiger partial charge in [0.2, 0.25) is 5.91 Å². The molecule has 1 saturated carbocycles. The molecular formula is C17H19ClFNO4. The highest BCUT2D eigenvalue weighted by molar-refractivity contribution is 6.31. The van der Waals surface area contributed by atoms with Gasteiger partial charge in [-0.15, -0.1) is 0 Å². The van der Waals surface area contributed by atoms with Gasteiger partial charge in [0, 0.05) is 42.2 Å². The fraction of sp³-hybridized carbons (Fsp3) is 0.529. The SMILES string of the molecule is O=C(NCC1(C(=O)O)CCOCC1)C1CC1c1c(F)cccc1Cl. The molecule has 3 rings (SSSR count). The number of carbonyl (C=O) groups excluding carboxylic acids is 1. The summed E-state index contributed by atoms with van der Waals surface area (Å²) in [6.07, 6.45) is 1.27. The molecule has 5 nitrogen and oxygen atoms in total. The molecule has 1 aromatic carbocycles. The van der Waals surface area contributed by atoms with Crippen LogP contribution in [0.3, 0.4) is 0 Å². The van der Waals surface area contributed by atoms with Crippen molar-refractivity contribution in [1.82, 2.24) is 5.32 Å². The number of halogens is 2. The number of ether oxygens (including phenoxy) is 1. The molecule has 1 aliphatic heterocycles. The predicted octanol–water partition coefficient (Wildman–Crippen LogP) is 2.58. The summed E-state index contributed by atoms with van der Waals surface area (Å²) in [6.45, 7) is 0.816. The van der Waals surface area contributed by atoms with E-state index in [4.69, 9.17) is 16.3 Å². The van der Waals surface area contributed by atoms with E-state index in [0.717, 1.165) is 0 Å². The minimum atomic E-state index is -0.978. The summed E-state index contributed by atoms with van der Waals surface area (Å²) >= 11 is 6.03. The van der Waals surface area contributed by atoms with Gasteiger partial charge >= 0.3 is 5.97 Å². The van der Waals surface area contributed by atoms with Crippen molar-refractivity contribution >= 4 is 23.5 Å². The Morgan fingerprint density at radius 1 is 1.38 bits per heavy atom. The van der Waals surface area contributed by atoms with Gasteiger partial charge in [-0.05, 0) is 31.4 Å². The second-order valence-corrected chi connectivity index (χ2v) is 6.91.